The Labute approximate surface area is 98.0 Å². The molecule has 1 aromatic carbocycles. The van der Waals surface area contributed by atoms with Crippen LogP contribution in [0.15, 0.2) is 12.1 Å². The Kier molecular flexibility index (Phi) is 4.39. The highest BCUT2D eigenvalue weighted by Gasteiger charge is 2.12. The van der Waals surface area contributed by atoms with Gasteiger partial charge in [0.2, 0.25) is 5.91 Å². The first-order valence-electron chi connectivity index (χ1n) is 4.92. The van der Waals surface area contributed by atoms with Crippen molar-refractivity contribution >= 4 is 5.91 Å². The highest BCUT2D eigenvalue weighted by atomic mass is 19.1. The van der Waals surface area contributed by atoms with Gasteiger partial charge in [-0.3, -0.25) is 9.69 Å². The number of primary amides is 1. The van der Waals surface area contributed by atoms with Crippen molar-refractivity contribution in [3.8, 4) is 5.75 Å². The second kappa shape index (κ2) is 5.58. The number of methoxy groups -OCH3 is 1. The van der Waals surface area contributed by atoms with Gasteiger partial charge in [0.05, 0.1) is 13.7 Å². The van der Waals surface area contributed by atoms with Crippen LogP contribution in [-0.4, -0.2) is 31.5 Å². The first kappa shape index (κ1) is 13.4. The molecule has 6 heteroatoms. The molecule has 1 rings (SSSR count). The molecule has 1 amide bonds. The van der Waals surface area contributed by atoms with E-state index in [4.69, 9.17) is 5.73 Å². The summed E-state index contributed by atoms with van der Waals surface area (Å²) in [5.41, 5.74) is 5.14. The summed E-state index contributed by atoms with van der Waals surface area (Å²) in [6, 6.07) is 2.02. The van der Waals surface area contributed by atoms with Crippen LogP contribution in [0.4, 0.5) is 8.78 Å². The normalized spacial score (nSPS) is 10.6. The Hall–Kier alpha value is -1.69. The van der Waals surface area contributed by atoms with Crippen LogP contribution in [0.25, 0.3) is 0 Å². The zero-order valence-electron chi connectivity index (χ0n) is 9.67. The standard InChI is InChI=1S/C11H14F2N2O2/c1-15(6-11(14)16)5-7-3-9(13)10(17-2)4-8(7)12/h3-4H,5-6H2,1-2H3,(H2,14,16). The molecule has 0 fully saturated rings. The third kappa shape index (κ3) is 3.67. The molecule has 0 atom stereocenters. The maximum Gasteiger partial charge on any atom is 0.231 e. The fourth-order valence-electron chi connectivity index (χ4n) is 1.46. The number of hydrogen-bond acceptors (Lipinski definition) is 3. The number of rotatable bonds is 5. The molecule has 0 bridgehead atoms. The average Bonchev–Trinajstić information content (AvgIpc) is 2.21. The van der Waals surface area contributed by atoms with Crippen LogP contribution >= 0.6 is 0 Å². The summed E-state index contributed by atoms with van der Waals surface area (Å²) in [7, 11) is 2.85. The van der Waals surface area contributed by atoms with Crippen molar-refractivity contribution in [1.29, 1.82) is 0 Å². The predicted molar refractivity (Wildman–Crippen MR) is 58.4 cm³/mol. The number of likely N-dealkylation sites (N-methyl/N-ethyl adjacent to an activating group) is 1. The first-order chi connectivity index (χ1) is 7.93. The van der Waals surface area contributed by atoms with Gasteiger partial charge in [-0.25, -0.2) is 8.78 Å². The minimum absolute atomic E-state index is 0.0207. The van der Waals surface area contributed by atoms with Crippen molar-refractivity contribution in [2.24, 2.45) is 5.73 Å². The molecule has 0 saturated carbocycles. The van der Waals surface area contributed by atoms with Crippen LogP contribution in [0.3, 0.4) is 0 Å². The van der Waals surface area contributed by atoms with Crippen LogP contribution in [0.1, 0.15) is 5.56 Å². The Bertz CT molecular complexity index is 424. The molecule has 0 radical (unpaired) electrons. The summed E-state index contributed by atoms with van der Waals surface area (Å²) in [6.45, 7) is 0.0722. The van der Waals surface area contributed by atoms with E-state index in [1.807, 2.05) is 0 Å². The second-order valence-corrected chi connectivity index (χ2v) is 3.72. The van der Waals surface area contributed by atoms with Crippen LogP contribution in [0, 0.1) is 11.6 Å². The molecule has 1 aromatic rings. The van der Waals surface area contributed by atoms with Crippen LogP contribution in [-0.2, 0) is 11.3 Å². The van der Waals surface area contributed by atoms with Gasteiger partial charge in [0, 0.05) is 18.2 Å². The number of benzene rings is 1. The summed E-state index contributed by atoms with van der Waals surface area (Å²) in [5.74, 6) is -1.90. The number of halogens is 2. The zero-order chi connectivity index (χ0) is 13.0. The van der Waals surface area contributed by atoms with E-state index in [0.717, 1.165) is 12.1 Å². The lowest BCUT2D eigenvalue weighted by Crippen LogP contribution is -2.30. The van der Waals surface area contributed by atoms with E-state index in [1.54, 1.807) is 7.05 Å². The van der Waals surface area contributed by atoms with Crippen LogP contribution in [0.5, 0.6) is 5.75 Å². The van der Waals surface area contributed by atoms with Gasteiger partial charge in [-0.1, -0.05) is 0 Å². The monoisotopic (exact) mass is 244 g/mol. The smallest absolute Gasteiger partial charge is 0.231 e. The van der Waals surface area contributed by atoms with Gasteiger partial charge in [0.25, 0.3) is 0 Å². The molecule has 0 spiro atoms. The summed E-state index contributed by atoms with van der Waals surface area (Å²) in [5, 5.41) is 0. The van der Waals surface area contributed by atoms with Crippen molar-refractivity contribution in [3.63, 3.8) is 0 Å². The Morgan fingerprint density at radius 1 is 1.41 bits per heavy atom. The van der Waals surface area contributed by atoms with Gasteiger partial charge >= 0.3 is 0 Å². The number of hydrogen-bond donors (Lipinski definition) is 1. The number of carbonyl (C=O) groups excluding carboxylic acids is 1. The lowest BCUT2D eigenvalue weighted by molar-refractivity contribution is -0.118. The van der Waals surface area contributed by atoms with Gasteiger partial charge in [-0.2, -0.15) is 0 Å². The maximum atomic E-state index is 13.5. The highest BCUT2D eigenvalue weighted by Crippen LogP contribution is 2.21. The molecule has 0 heterocycles. The van der Waals surface area contributed by atoms with Gasteiger partial charge in [-0.15, -0.1) is 0 Å². The lowest BCUT2D eigenvalue weighted by atomic mass is 10.2. The molecular formula is C11H14F2N2O2. The second-order valence-electron chi connectivity index (χ2n) is 3.72. The van der Waals surface area contributed by atoms with Crippen molar-refractivity contribution in [3.05, 3.63) is 29.3 Å². The molecule has 0 aliphatic rings. The van der Waals surface area contributed by atoms with Crippen molar-refractivity contribution in [1.82, 2.24) is 4.90 Å². The molecule has 2 N–H and O–H groups in total. The van der Waals surface area contributed by atoms with Crippen molar-refractivity contribution in [2.75, 3.05) is 20.7 Å². The third-order valence-corrected chi connectivity index (χ3v) is 2.19. The third-order valence-electron chi connectivity index (χ3n) is 2.19. The minimum Gasteiger partial charge on any atom is -0.494 e. The molecular weight excluding hydrogens is 230 g/mol. The van der Waals surface area contributed by atoms with Crippen LogP contribution < -0.4 is 10.5 Å². The highest BCUT2D eigenvalue weighted by molar-refractivity contribution is 5.75. The summed E-state index contributed by atoms with van der Waals surface area (Å²) >= 11 is 0. The Morgan fingerprint density at radius 3 is 2.59 bits per heavy atom. The fraction of sp³-hybridized carbons (Fsp3) is 0.364. The molecule has 94 valence electrons. The average molecular weight is 244 g/mol. The Morgan fingerprint density at radius 2 is 2.06 bits per heavy atom. The number of nitrogens with zero attached hydrogens (tertiary/aromatic N) is 1. The summed E-state index contributed by atoms with van der Waals surface area (Å²) in [4.78, 5) is 12.1. The minimum atomic E-state index is -0.642. The number of nitrogens with two attached hydrogens (primary N) is 1. The molecule has 4 nitrogen and oxygen atoms in total. The number of amides is 1. The van der Waals surface area contributed by atoms with Gasteiger partial charge in [0.15, 0.2) is 11.6 Å². The summed E-state index contributed by atoms with van der Waals surface area (Å²) in [6.07, 6.45) is 0. The largest absolute Gasteiger partial charge is 0.494 e. The van der Waals surface area contributed by atoms with E-state index in [9.17, 15) is 13.6 Å². The van der Waals surface area contributed by atoms with E-state index in [1.165, 1.54) is 12.0 Å². The van der Waals surface area contributed by atoms with Gasteiger partial charge in [0.1, 0.15) is 5.82 Å². The first-order valence-corrected chi connectivity index (χ1v) is 4.92. The van der Waals surface area contributed by atoms with Crippen molar-refractivity contribution in [2.45, 2.75) is 6.54 Å². The molecule has 0 aliphatic carbocycles. The van der Waals surface area contributed by atoms with E-state index >= 15 is 0 Å². The van der Waals surface area contributed by atoms with E-state index in [-0.39, 0.29) is 24.4 Å². The number of carbonyl (C=O) groups is 1. The van der Waals surface area contributed by atoms with Crippen molar-refractivity contribution < 1.29 is 18.3 Å². The number of ether oxygens (including phenoxy) is 1. The maximum absolute atomic E-state index is 13.5. The van der Waals surface area contributed by atoms with E-state index < -0.39 is 17.5 Å². The van der Waals surface area contributed by atoms with Gasteiger partial charge < -0.3 is 10.5 Å². The summed E-state index contributed by atoms with van der Waals surface area (Å²) < 4.78 is 31.5. The molecule has 0 aliphatic heterocycles. The van der Waals surface area contributed by atoms with E-state index in [2.05, 4.69) is 4.74 Å². The lowest BCUT2D eigenvalue weighted by Gasteiger charge is -2.15. The predicted octanol–water partition coefficient (Wildman–Crippen LogP) is 0.890. The SMILES string of the molecule is COc1cc(F)c(CN(C)CC(N)=O)cc1F. The van der Waals surface area contributed by atoms with E-state index in [0.29, 0.717) is 0 Å². The molecule has 0 saturated heterocycles. The Balaban J connectivity index is 2.84. The topological polar surface area (TPSA) is 55.6 Å². The zero-order valence-corrected chi connectivity index (χ0v) is 9.67. The van der Waals surface area contributed by atoms with Gasteiger partial charge in [-0.05, 0) is 13.1 Å². The molecule has 0 aromatic heterocycles. The fourth-order valence-corrected chi connectivity index (χ4v) is 1.46. The van der Waals surface area contributed by atoms with Crippen LogP contribution in [0.2, 0.25) is 0 Å². The molecule has 17 heavy (non-hydrogen) atoms. The molecule has 0 unspecified atom stereocenters. The quantitative estimate of drug-likeness (QED) is 0.837.